The molecule has 10 nitrogen and oxygen atoms in total. The molecular weight excluding hydrogens is 558 g/mol. The Balaban J connectivity index is 1.41. The molecule has 0 saturated heterocycles. The highest BCUT2D eigenvalue weighted by Gasteiger charge is 2.35. The molecular formula is C28H25F4N7O3. The number of aromatic nitrogens is 4. The molecule has 5 rings (SSSR count). The third-order valence-electron chi connectivity index (χ3n) is 6.30. The minimum absolute atomic E-state index is 0.0906. The van der Waals surface area contributed by atoms with Gasteiger partial charge in [0.15, 0.2) is 0 Å². The number of benzene rings is 1. The van der Waals surface area contributed by atoms with Crippen LogP contribution in [0.4, 0.5) is 39.7 Å². The van der Waals surface area contributed by atoms with Crippen LogP contribution in [0.15, 0.2) is 55.0 Å². The minimum Gasteiger partial charge on any atom is -0.457 e. The first-order valence-electron chi connectivity index (χ1n) is 12.7. The number of halogens is 4. The number of nitrogens with zero attached hydrogens (tertiary/aromatic N) is 4. The number of urea groups is 1. The van der Waals surface area contributed by atoms with Crippen molar-refractivity contribution < 1.29 is 31.9 Å². The van der Waals surface area contributed by atoms with E-state index in [9.17, 15) is 27.2 Å². The van der Waals surface area contributed by atoms with Gasteiger partial charge in [0, 0.05) is 35.7 Å². The highest BCUT2D eigenvalue weighted by Crippen LogP contribution is 2.39. The van der Waals surface area contributed by atoms with Crippen LogP contribution < -0.4 is 20.7 Å². The minimum atomic E-state index is -4.85. The molecule has 0 saturated carbocycles. The van der Waals surface area contributed by atoms with Crippen molar-refractivity contribution in [3.8, 4) is 17.2 Å². The molecule has 4 heterocycles. The number of carbonyl (C=O) groups excluding carboxylic acids is 2. The van der Waals surface area contributed by atoms with Crippen molar-refractivity contribution in [3.63, 3.8) is 0 Å². The van der Waals surface area contributed by atoms with Gasteiger partial charge in [0.25, 0.3) is 0 Å². The molecule has 1 aliphatic rings. The normalized spacial score (nSPS) is 13.3. The topological polar surface area (TPSA) is 123 Å². The van der Waals surface area contributed by atoms with E-state index in [1.165, 1.54) is 29.2 Å². The summed E-state index contributed by atoms with van der Waals surface area (Å²) < 4.78 is 63.1. The average Bonchev–Trinajstić information content (AvgIpc) is 3.33. The highest BCUT2D eigenvalue weighted by molar-refractivity contribution is 6.00. The molecule has 0 aliphatic carbocycles. The Morgan fingerprint density at radius 2 is 1.83 bits per heavy atom. The van der Waals surface area contributed by atoms with Crippen LogP contribution in [0.2, 0.25) is 0 Å². The van der Waals surface area contributed by atoms with Crippen LogP contribution in [0.25, 0.3) is 5.69 Å². The number of alkyl halides is 3. The second-order valence-electron chi connectivity index (χ2n) is 10.5. The number of pyridine rings is 2. The number of ether oxygens (including phenoxy) is 1. The summed E-state index contributed by atoms with van der Waals surface area (Å²) in [6, 6.07) is 6.32. The number of amides is 3. The van der Waals surface area contributed by atoms with E-state index in [-0.39, 0.29) is 41.2 Å². The smallest absolute Gasteiger partial charge is 0.418 e. The maximum Gasteiger partial charge on any atom is 0.418 e. The van der Waals surface area contributed by atoms with Gasteiger partial charge in [-0.25, -0.2) is 18.9 Å². The van der Waals surface area contributed by atoms with E-state index < -0.39 is 34.7 Å². The van der Waals surface area contributed by atoms with E-state index >= 15 is 0 Å². The molecule has 0 bridgehead atoms. The number of hydrogen-bond donors (Lipinski definition) is 3. The monoisotopic (exact) mass is 583 g/mol. The van der Waals surface area contributed by atoms with Gasteiger partial charge in [-0.3, -0.25) is 15.1 Å². The Kier molecular flexibility index (Phi) is 7.31. The summed E-state index contributed by atoms with van der Waals surface area (Å²) in [5.41, 5.74) is -0.825. The lowest BCUT2D eigenvalue weighted by molar-refractivity contribution is -0.137. The molecule has 218 valence electrons. The Morgan fingerprint density at radius 1 is 1.05 bits per heavy atom. The fourth-order valence-corrected chi connectivity index (χ4v) is 4.23. The van der Waals surface area contributed by atoms with Crippen molar-refractivity contribution in [2.75, 3.05) is 16.0 Å². The number of anilines is 3. The quantitative estimate of drug-likeness (QED) is 0.233. The first kappa shape index (κ1) is 28.5. The molecule has 1 aromatic carbocycles. The first-order chi connectivity index (χ1) is 19.8. The Morgan fingerprint density at radius 3 is 2.55 bits per heavy atom. The fourth-order valence-electron chi connectivity index (χ4n) is 4.23. The van der Waals surface area contributed by atoms with E-state index in [2.05, 4.69) is 31.0 Å². The Labute approximate surface area is 237 Å². The lowest BCUT2D eigenvalue weighted by atomic mass is 9.92. The molecule has 0 atom stereocenters. The van der Waals surface area contributed by atoms with Crippen molar-refractivity contribution in [2.24, 2.45) is 0 Å². The zero-order valence-corrected chi connectivity index (χ0v) is 22.6. The van der Waals surface area contributed by atoms with Gasteiger partial charge in [0.1, 0.15) is 29.0 Å². The number of carbonyl (C=O) groups is 2. The molecule has 3 aromatic heterocycles. The van der Waals surface area contributed by atoms with E-state index in [0.29, 0.717) is 17.7 Å². The van der Waals surface area contributed by atoms with Gasteiger partial charge in [-0.2, -0.15) is 18.3 Å². The van der Waals surface area contributed by atoms with Crippen LogP contribution in [0.1, 0.15) is 44.0 Å². The Hall–Kier alpha value is -5.01. The fraction of sp³-hybridized carbons (Fsp3) is 0.250. The zero-order chi connectivity index (χ0) is 30.2. The van der Waals surface area contributed by atoms with Crippen molar-refractivity contribution >= 4 is 29.3 Å². The van der Waals surface area contributed by atoms with Gasteiger partial charge < -0.3 is 15.4 Å². The van der Waals surface area contributed by atoms with Crippen LogP contribution in [0.5, 0.6) is 11.5 Å². The van der Waals surface area contributed by atoms with E-state index in [0.717, 1.165) is 24.4 Å². The van der Waals surface area contributed by atoms with Crippen LogP contribution >= 0.6 is 0 Å². The standard InChI is InChI=1S/C28H25F4N7O3/c1-27(2,3)22-12-23(39(38-22)16-10-15(29)13-33-14-16)36-26(41)35-20-6-4-17(11-19(20)28(30,31)32)42-21-8-9-34-25-18(21)5-7-24(40)37-25/h4,6,8-14H,5,7H2,1-3H3,(H,34,37,40)(H2,35,36,41). The molecule has 0 radical (unpaired) electrons. The lowest BCUT2D eigenvalue weighted by Crippen LogP contribution is -2.23. The highest BCUT2D eigenvalue weighted by atomic mass is 19.4. The maximum absolute atomic E-state index is 14.1. The van der Waals surface area contributed by atoms with Gasteiger partial charge in [-0.15, -0.1) is 0 Å². The molecule has 3 N–H and O–H groups in total. The molecule has 1 aliphatic heterocycles. The lowest BCUT2D eigenvalue weighted by Gasteiger charge is -2.20. The van der Waals surface area contributed by atoms with E-state index in [1.54, 1.807) is 6.07 Å². The third-order valence-corrected chi connectivity index (χ3v) is 6.30. The van der Waals surface area contributed by atoms with Gasteiger partial charge >= 0.3 is 12.2 Å². The number of hydrogen-bond acceptors (Lipinski definition) is 6. The first-order valence-corrected chi connectivity index (χ1v) is 12.7. The average molecular weight is 584 g/mol. The van der Waals surface area contributed by atoms with Crippen molar-refractivity contribution in [1.82, 2.24) is 19.7 Å². The number of rotatable bonds is 5. The molecule has 0 spiro atoms. The van der Waals surface area contributed by atoms with Crippen LogP contribution in [-0.4, -0.2) is 31.7 Å². The van der Waals surface area contributed by atoms with Crippen LogP contribution in [0, 0.1) is 5.82 Å². The summed E-state index contributed by atoms with van der Waals surface area (Å²) in [4.78, 5) is 32.5. The van der Waals surface area contributed by atoms with Gasteiger partial charge in [-0.1, -0.05) is 20.8 Å². The second-order valence-corrected chi connectivity index (χ2v) is 10.5. The van der Waals surface area contributed by atoms with E-state index in [1.807, 2.05) is 20.8 Å². The largest absolute Gasteiger partial charge is 0.457 e. The number of fused-ring (bicyclic) bond motifs is 1. The van der Waals surface area contributed by atoms with Crippen LogP contribution in [-0.2, 0) is 22.8 Å². The summed E-state index contributed by atoms with van der Waals surface area (Å²) in [7, 11) is 0. The van der Waals surface area contributed by atoms with Crippen LogP contribution in [0.3, 0.4) is 0 Å². The molecule has 0 unspecified atom stereocenters. The van der Waals surface area contributed by atoms with Crippen molar-refractivity contribution in [1.29, 1.82) is 0 Å². The molecule has 4 aromatic rings. The van der Waals surface area contributed by atoms with Gasteiger partial charge in [-0.05, 0) is 30.7 Å². The van der Waals surface area contributed by atoms with Gasteiger partial charge in [0.2, 0.25) is 5.91 Å². The summed E-state index contributed by atoms with van der Waals surface area (Å²) >= 11 is 0. The van der Waals surface area contributed by atoms with Crippen molar-refractivity contribution in [2.45, 2.75) is 45.2 Å². The molecule has 3 amide bonds. The summed E-state index contributed by atoms with van der Waals surface area (Å²) in [5.74, 6) is -0.354. The Bertz CT molecular complexity index is 1680. The summed E-state index contributed by atoms with van der Waals surface area (Å²) in [6.07, 6.45) is -0.630. The maximum atomic E-state index is 14.1. The number of nitrogens with one attached hydrogen (secondary N) is 3. The van der Waals surface area contributed by atoms with Gasteiger partial charge in [0.05, 0.1) is 35.0 Å². The predicted octanol–water partition coefficient (Wildman–Crippen LogP) is 6.44. The molecule has 42 heavy (non-hydrogen) atoms. The summed E-state index contributed by atoms with van der Waals surface area (Å²) in [6.45, 7) is 5.64. The summed E-state index contributed by atoms with van der Waals surface area (Å²) in [5, 5.41) is 11.8. The third kappa shape index (κ3) is 6.16. The SMILES string of the molecule is CC(C)(C)c1cc(NC(=O)Nc2ccc(Oc3ccnc4c3CCC(=O)N4)cc2C(F)(F)F)n(-c2cncc(F)c2)n1. The molecule has 14 heteroatoms. The zero-order valence-electron chi connectivity index (χ0n) is 22.6. The van der Waals surface area contributed by atoms with Crippen molar-refractivity contribution in [3.05, 3.63) is 77.6 Å². The second kappa shape index (κ2) is 10.8. The predicted molar refractivity (Wildman–Crippen MR) is 145 cm³/mol. The van der Waals surface area contributed by atoms with E-state index in [4.69, 9.17) is 4.74 Å². The molecule has 0 fully saturated rings.